The van der Waals surface area contributed by atoms with Crippen LogP contribution in [-0.2, 0) is 4.79 Å². The summed E-state index contributed by atoms with van der Waals surface area (Å²) in [5.74, 6) is -0.926. The Hall–Kier alpha value is -1.95. The van der Waals surface area contributed by atoms with Gasteiger partial charge in [-0.15, -0.1) is 0 Å². The highest BCUT2D eigenvalue weighted by molar-refractivity contribution is 6.31. The second-order valence-electron chi connectivity index (χ2n) is 4.71. The molecule has 0 aliphatic rings. The van der Waals surface area contributed by atoms with Gasteiger partial charge in [-0.05, 0) is 25.0 Å². The van der Waals surface area contributed by atoms with Gasteiger partial charge in [0.1, 0.15) is 5.75 Å². The molecular formula is C14H19ClN2O4. The monoisotopic (exact) mass is 314 g/mol. The third-order valence-electron chi connectivity index (χ3n) is 3.01. The summed E-state index contributed by atoms with van der Waals surface area (Å²) in [5.41, 5.74) is 1.32. The molecule has 21 heavy (non-hydrogen) atoms. The number of carbonyl (C=O) groups is 2. The molecule has 116 valence electrons. The van der Waals surface area contributed by atoms with Gasteiger partial charge in [0.2, 0.25) is 0 Å². The van der Waals surface area contributed by atoms with Crippen molar-refractivity contribution in [3.05, 3.63) is 22.7 Å². The van der Waals surface area contributed by atoms with Crippen LogP contribution in [0.15, 0.2) is 12.1 Å². The highest BCUT2D eigenvalue weighted by Crippen LogP contribution is 2.30. The van der Waals surface area contributed by atoms with Gasteiger partial charge in [-0.25, -0.2) is 4.79 Å². The van der Waals surface area contributed by atoms with Crippen molar-refractivity contribution in [3.8, 4) is 5.75 Å². The molecule has 0 spiro atoms. The predicted molar refractivity (Wildman–Crippen MR) is 81.2 cm³/mol. The number of rotatable bonds is 6. The minimum atomic E-state index is -0.882. The minimum absolute atomic E-state index is 0.272. The van der Waals surface area contributed by atoms with Crippen molar-refractivity contribution in [3.63, 3.8) is 0 Å². The first kappa shape index (κ1) is 17.1. The first-order chi connectivity index (χ1) is 9.85. The van der Waals surface area contributed by atoms with Crippen LogP contribution in [-0.4, -0.2) is 30.8 Å². The van der Waals surface area contributed by atoms with Crippen molar-refractivity contribution in [2.45, 2.75) is 20.3 Å². The summed E-state index contributed by atoms with van der Waals surface area (Å²) < 4.78 is 5.15. The molecular weight excluding hydrogens is 296 g/mol. The van der Waals surface area contributed by atoms with E-state index >= 15 is 0 Å². The smallest absolute Gasteiger partial charge is 0.319 e. The number of hydrogen-bond donors (Lipinski definition) is 3. The molecule has 3 N–H and O–H groups in total. The van der Waals surface area contributed by atoms with E-state index in [4.69, 9.17) is 21.4 Å². The minimum Gasteiger partial charge on any atom is -0.495 e. The molecule has 0 bridgehead atoms. The van der Waals surface area contributed by atoms with Crippen LogP contribution in [0.5, 0.6) is 5.75 Å². The quantitative estimate of drug-likeness (QED) is 0.753. The van der Waals surface area contributed by atoms with Crippen LogP contribution < -0.4 is 15.4 Å². The number of anilines is 1. The molecule has 0 radical (unpaired) electrons. The van der Waals surface area contributed by atoms with Gasteiger partial charge in [0.05, 0.1) is 18.7 Å². The van der Waals surface area contributed by atoms with E-state index in [-0.39, 0.29) is 6.54 Å². The van der Waals surface area contributed by atoms with Crippen LogP contribution in [0.1, 0.15) is 18.9 Å². The lowest BCUT2D eigenvalue weighted by Crippen LogP contribution is -2.31. The van der Waals surface area contributed by atoms with E-state index in [1.165, 1.54) is 7.11 Å². The highest BCUT2D eigenvalue weighted by atomic mass is 35.5. The summed E-state index contributed by atoms with van der Waals surface area (Å²) in [5, 5.41) is 14.6. The predicted octanol–water partition coefficient (Wildman–Crippen LogP) is 2.89. The van der Waals surface area contributed by atoms with E-state index in [1.54, 1.807) is 19.1 Å². The lowest BCUT2D eigenvalue weighted by molar-refractivity contribution is -0.141. The van der Waals surface area contributed by atoms with E-state index in [2.05, 4.69) is 10.6 Å². The maximum Gasteiger partial charge on any atom is 0.319 e. The van der Waals surface area contributed by atoms with Gasteiger partial charge >= 0.3 is 12.0 Å². The Morgan fingerprint density at radius 1 is 1.43 bits per heavy atom. The van der Waals surface area contributed by atoms with Crippen molar-refractivity contribution in [2.24, 2.45) is 5.92 Å². The maximum absolute atomic E-state index is 11.8. The normalized spacial score (nSPS) is 11.6. The molecule has 0 aliphatic heterocycles. The SMILES string of the molecule is COc1cc(Cl)c(C)cc1NC(=O)NCCC(C)C(=O)O. The molecule has 6 nitrogen and oxygen atoms in total. The Morgan fingerprint density at radius 2 is 2.10 bits per heavy atom. The number of amides is 2. The molecule has 0 saturated carbocycles. The van der Waals surface area contributed by atoms with E-state index in [0.717, 1.165) is 5.56 Å². The molecule has 0 heterocycles. The summed E-state index contributed by atoms with van der Waals surface area (Å²) in [7, 11) is 1.48. The number of benzene rings is 1. The van der Waals surface area contributed by atoms with Crippen LogP contribution in [0.2, 0.25) is 5.02 Å². The lowest BCUT2D eigenvalue weighted by Gasteiger charge is -2.13. The Kier molecular flexibility index (Phi) is 6.30. The largest absolute Gasteiger partial charge is 0.495 e. The molecule has 1 aromatic carbocycles. The topological polar surface area (TPSA) is 87.7 Å². The van der Waals surface area contributed by atoms with E-state index in [9.17, 15) is 9.59 Å². The number of carboxylic acids is 1. The zero-order valence-corrected chi connectivity index (χ0v) is 13.0. The summed E-state index contributed by atoms with van der Waals surface area (Å²) in [6.45, 7) is 3.68. The zero-order chi connectivity index (χ0) is 16.0. The van der Waals surface area contributed by atoms with Gasteiger partial charge in [0.15, 0.2) is 0 Å². The number of hydrogen-bond acceptors (Lipinski definition) is 3. The standard InChI is InChI=1S/C14H19ClN2O4/c1-8(13(18)19)4-5-16-14(20)17-11-6-9(2)10(15)7-12(11)21-3/h6-8H,4-5H2,1-3H3,(H,18,19)(H2,16,17,20). The summed E-state index contributed by atoms with van der Waals surface area (Å²) in [6, 6.07) is 2.91. The average molecular weight is 315 g/mol. The van der Waals surface area contributed by atoms with Crippen molar-refractivity contribution < 1.29 is 19.4 Å². The Balaban J connectivity index is 2.59. The fourth-order valence-electron chi connectivity index (χ4n) is 1.62. The van der Waals surface area contributed by atoms with Crippen LogP contribution in [0, 0.1) is 12.8 Å². The molecule has 2 amide bonds. The maximum atomic E-state index is 11.8. The number of urea groups is 1. The molecule has 1 aromatic rings. The van der Waals surface area contributed by atoms with Gasteiger partial charge in [-0.1, -0.05) is 18.5 Å². The Bertz CT molecular complexity index is 534. The second-order valence-corrected chi connectivity index (χ2v) is 5.12. The summed E-state index contributed by atoms with van der Waals surface area (Å²) in [6.07, 6.45) is 0.361. The van der Waals surface area contributed by atoms with Crippen molar-refractivity contribution >= 4 is 29.3 Å². The zero-order valence-electron chi connectivity index (χ0n) is 12.2. The van der Waals surface area contributed by atoms with Gasteiger partial charge < -0.3 is 20.5 Å². The van der Waals surface area contributed by atoms with Crippen molar-refractivity contribution in [1.82, 2.24) is 5.32 Å². The van der Waals surface area contributed by atoms with Gasteiger partial charge in [-0.2, -0.15) is 0 Å². The number of ether oxygens (including phenoxy) is 1. The third kappa shape index (κ3) is 5.15. The number of methoxy groups -OCH3 is 1. The van der Waals surface area contributed by atoms with E-state index in [0.29, 0.717) is 22.9 Å². The summed E-state index contributed by atoms with van der Waals surface area (Å²) in [4.78, 5) is 22.4. The van der Waals surface area contributed by atoms with Crippen LogP contribution in [0.25, 0.3) is 0 Å². The third-order valence-corrected chi connectivity index (χ3v) is 3.42. The highest BCUT2D eigenvalue weighted by Gasteiger charge is 2.12. The molecule has 1 unspecified atom stereocenters. The van der Waals surface area contributed by atoms with Crippen molar-refractivity contribution in [2.75, 3.05) is 19.0 Å². The molecule has 1 atom stereocenters. The molecule has 0 fully saturated rings. The Morgan fingerprint density at radius 3 is 2.67 bits per heavy atom. The van der Waals surface area contributed by atoms with Crippen LogP contribution in [0.4, 0.5) is 10.5 Å². The first-order valence-electron chi connectivity index (χ1n) is 6.47. The number of nitrogens with one attached hydrogen (secondary N) is 2. The molecule has 1 rings (SSSR count). The van der Waals surface area contributed by atoms with Crippen molar-refractivity contribution in [1.29, 1.82) is 0 Å². The number of carboxylic acid groups (broad SMARTS) is 1. The van der Waals surface area contributed by atoms with Crippen LogP contribution >= 0.6 is 11.6 Å². The van der Waals surface area contributed by atoms with E-state index < -0.39 is 17.9 Å². The molecule has 0 aliphatic carbocycles. The Labute approximate surface area is 128 Å². The van der Waals surface area contributed by atoms with Gasteiger partial charge in [0, 0.05) is 17.6 Å². The van der Waals surface area contributed by atoms with Gasteiger partial charge in [0.25, 0.3) is 0 Å². The van der Waals surface area contributed by atoms with Crippen LogP contribution in [0.3, 0.4) is 0 Å². The molecule has 7 heteroatoms. The fraction of sp³-hybridized carbons (Fsp3) is 0.429. The average Bonchev–Trinajstić information content (AvgIpc) is 2.42. The first-order valence-corrected chi connectivity index (χ1v) is 6.84. The molecule has 0 aromatic heterocycles. The fourth-order valence-corrected chi connectivity index (χ4v) is 1.78. The number of carbonyl (C=O) groups excluding carboxylic acids is 1. The number of aliphatic carboxylic acids is 1. The number of halogens is 1. The summed E-state index contributed by atoms with van der Waals surface area (Å²) >= 11 is 5.99. The molecule has 0 saturated heterocycles. The lowest BCUT2D eigenvalue weighted by atomic mass is 10.1. The second kappa shape index (κ2) is 7.73. The van der Waals surface area contributed by atoms with Gasteiger partial charge in [-0.3, -0.25) is 4.79 Å². The van der Waals surface area contributed by atoms with E-state index in [1.807, 2.05) is 6.92 Å². The number of aryl methyl sites for hydroxylation is 1.